The summed E-state index contributed by atoms with van der Waals surface area (Å²) in [6.45, 7) is 1.88. The van der Waals surface area contributed by atoms with Crippen LogP contribution in [-0.2, 0) is 6.42 Å². The normalized spacial score (nSPS) is 12.7. The first-order chi connectivity index (χ1) is 8.04. The van der Waals surface area contributed by atoms with E-state index < -0.39 is 0 Å². The van der Waals surface area contributed by atoms with E-state index in [-0.39, 0.29) is 11.9 Å². The van der Waals surface area contributed by atoms with Crippen LogP contribution in [0.5, 0.6) is 0 Å². The molecule has 1 aromatic carbocycles. The molecule has 1 heterocycles. The molecule has 2 rings (SSSR count). The van der Waals surface area contributed by atoms with Crippen molar-refractivity contribution in [1.29, 1.82) is 0 Å². The number of aryl methyl sites for hydroxylation is 1. The Labute approximate surface area is 113 Å². The maximum atomic E-state index is 13.3. The zero-order valence-electron chi connectivity index (χ0n) is 9.41. The fourth-order valence-electron chi connectivity index (χ4n) is 1.77. The second-order valence-electron chi connectivity index (χ2n) is 4.10. The SMILES string of the molecule is Cc1cc(F)cc(C(N)Cc2cc(Br)cs2)c1. The van der Waals surface area contributed by atoms with Crippen molar-refractivity contribution in [2.24, 2.45) is 5.73 Å². The van der Waals surface area contributed by atoms with Gasteiger partial charge in [-0.15, -0.1) is 11.3 Å². The van der Waals surface area contributed by atoms with Crippen LogP contribution in [0.25, 0.3) is 0 Å². The van der Waals surface area contributed by atoms with Crippen molar-refractivity contribution >= 4 is 27.3 Å². The van der Waals surface area contributed by atoms with E-state index in [1.807, 2.05) is 18.4 Å². The van der Waals surface area contributed by atoms with Crippen molar-refractivity contribution in [1.82, 2.24) is 0 Å². The van der Waals surface area contributed by atoms with Crippen molar-refractivity contribution in [2.45, 2.75) is 19.4 Å². The van der Waals surface area contributed by atoms with E-state index in [1.54, 1.807) is 11.3 Å². The summed E-state index contributed by atoms with van der Waals surface area (Å²) in [5.74, 6) is -0.220. The van der Waals surface area contributed by atoms with E-state index in [2.05, 4.69) is 22.0 Å². The molecule has 0 aliphatic carbocycles. The van der Waals surface area contributed by atoms with Crippen molar-refractivity contribution in [2.75, 3.05) is 0 Å². The maximum Gasteiger partial charge on any atom is 0.123 e. The van der Waals surface area contributed by atoms with E-state index >= 15 is 0 Å². The zero-order chi connectivity index (χ0) is 12.4. The summed E-state index contributed by atoms with van der Waals surface area (Å²) in [5, 5.41) is 2.03. The van der Waals surface area contributed by atoms with E-state index in [0.717, 1.165) is 22.0 Å². The standard InChI is InChI=1S/C13H13BrFNS/c1-8-2-9(4-11(15)3-8)13(16)6-12-5-10(14)7-17-12/h2-5,7,13H,6,16H2,1H3. The Balaban J connectivity index is 2.16. The molecule has 0 amide bonds. The molecule has 2 aromatic rings. The molecular weight excluding hydrogens is 301 g/mol. The van der Waals surface area contributed by atoms with Crippen LogP contribution in [0.2, 0.25) is 0 Å². The topological polar surface area (TPSA) is 26.0 Å². The lowest BCUT2D eigenvalue weighted by Gasteiger charge is -2.11. The van der Waals surface area contributed by atoms with Crippen molar-refractivity contribution in [3.05, 3.63) is 55.9 Å². The van der Waals surface area contributed by atoms with Crippen molar-refractivity contribution in [3.63, 3.8) is 0 Å². The minimum absolute atomic E-state index is 0.157. The minimum Gasteiger partial charge on any atom is -0.324 e. The monoisotopic (exact) mass is 313 g/mol. The van der Waals surface area contributed by atoms with E-state index in [0.29, 0.717) is 0 Å². The van der Waals surface area contributed by atoms with Crippen LogP contribution in [0, 0.1) is 12.7 Å². The van der Waals surface area contributed by atoms with Gasteiger partial charge in [0.2, 0.25) is 0 Å². The van der Waals surface area contributed by atoms with Gasteiger partial charge in [0.05, 0.1) is 0 Å². The quantitative estimate of drug-likeness (QED) is 0.903. The van der Waals surface area contributed by atoms with Gasteiger partial charge in [0, 0.05) is 27.2 Å². The highest BCUT2D eigenvalue weighted by Crippen LogP contribution is 2.25. The van der Waals surface area contributed by atoms with Gasteiger partial charge in [-0.05, 0) is 52.2 Å². The Morgan fingerprint density at radius 2 is 2.12 bits per heavy atom. The molecule has 0 radical (unpaired) electrons. The third-order valence-electron chi connectivity index (χ3n) is 2.54. The Kier molecular flexibility index (Phi) is 3.97. The van der Waals surface area contributed by atoms with Crippen LogP contribution >= 0.6 is 27.3 Å². The molecule has 1 atom stereocenters. The molecule has 0 aliphatic rings. The zero-order valence-corrected chi connectivity index (χ0v) is 11.8. The van der Waals surface area contributed by atoms with Gasteiger partial charge in [-0.3, -0.25) is 0 Å². The first-order valence-corrected chi connectivity index (χ1v) is 6.97. The van der Waals surface area contributed by atoms with Gasteiger partial charge < -0.3 is 5.73 Å². The number of hydrogen-bond donors (Lipinski definition) is 1. The van der Waals surface area contributed by atoms with Crippen LogP contribution in [0.4, 0.5) is 4.39 Å². The summed E-state index contributed by atoms with van der Waals surface area (Å²) in [4.78, 5) is 1.20. The van der Waals surface area contributed by atoms with Gasteiger partial charge >= 0.3 is 0 Å². The van der Waals surface area contributed by atoms with E-state index in [9.17, 15) is 4.39 Å². The average Bonchev–Trinajstić information content (AvgIpc) is 2.62. The molecule has 4 heteroatoms. The molecule has 0 saturated heterocycles. The fraction of sp³-hybridized carbons (Fsp3) is 0.231. The minimum atomic E-state index is -0.220. The summed E-state index contributed by atoms with van der Waals surface area (Å²) < 4.78 is 14.3. The van der Waals surface area contributed by atoms with Gasteiger partial charge in [-0.1, -0.05) is 6.07 Å². The van der Waals surface area contributed by atoms with E-state index in [4.69, 9.17) is 5.73 Å². The van der Waals surface area contributed by atoms with Crippen LogP contribution < -0.4 is 5.73 Å². The molecule has 1 aromatic heterocycles. The highest BCUT2D eigenvalue weighted by Gasteiger charge is 2.10. The fourth-order valence-corrected chi connectivity index (χ4v) is 3.29. The Bertz CT molecular complexity index is 504. The smallest absolute Gasteiger partial charge is 0.123 e. The summed E-state index contributed by atoms with van der Waals surface area (Å²) in [6, 6.07) is 6.86. The Morgan fingerprint density at radius 1 is 1.35 bits per heavy atom. The molecule has 0 saturated carbocycles. The van der Waals surface area contributed by atoms with E-state index in [1.165, 1.54) is 17.0 Å². The molecule has 17 heavy (non-hydrogen) atoms. The Hall–Kier alpha value is -0.710. The highest BCUT2D eigenvalue weighted by molar-refractivity contribution is 9.10. The van der Waals surface area contributed by atoms with Crippen LogP contribution in [0.3, 0.4) is 0 Å². The van der Waals surface area contributed by atoms with Gasteiger partial charge in [-0.25, -0.2) is 4.39 Å². The first-order valence-electron chi connectivity index (χ1n) is 5.30. The lowest BCUT2D eigenvalue weighted by Crippen LogP contribution is -2.13. The molecule has 0 aliphatic heterocycles. The Morgan fingerprint density at radius 3 is 2.71 bits per heavy atom. The number of thiophene rings is 1. The van der Waals surface area contributed by atoms with Crippen molar-refractivity contribution < 1.29 is 4.39 Å². The second kappa shape index (κ2) is 5.29. The molecule has 0 bridgehead atoms. The lowest BCUT2D eigenvalue weighted by molar-refractivity contribution is 0.617. The molecule has 90 valence electrons. The highest BCUT2D eigenvalue weighted by atomic mass is 79.9. The van der Waals surface area contributed by atoms with Crippen LogP contribution in [0.1, 0.15) is 22.0 Å². The van der Waals surface area contributed by atoms with Crippen LogP contribution in [0.15, 0.2) is 34.1 Å². The molecule has 2 N–H and O–H groups in total. The summed E-state index contributed by atoms with van der Waals surface area (Å²) in [5.41, 5.74) is 7.86. The summed E-state index contributed by atoms with van der Waals surface area (Å²) in [6.07, 6.45) is 0.735. The van der Waals surface area contributed by atoms with Gasteiger partial charge in [0.1, 0.15) is 5.82 Å². The lowest BCUT2D eigenvalue weighted by atomic mass is 10.0. The number of nitrogens with two attached hydrogens (primary N) is 1. The predicted molar refractivity (Wildman–Crippen MR) is 73.8 cm³/mol. The molecule has 1 unspecified atom stereocenters. The molecule has 0 spiro atoms. The van der Waals surface area contributed by atoms with Crippen molar-refractivity contribution in [3.8, 4) is 0 Å². The largest absolute Gasteiger partial charge is 0.324 e. The maximum absolute atomic E-state index is 13.3. The third kappa shape index (κ3) is 3.37. The van der Waals surface area contributed by atoms with Gasteiger partial charge in [0.25, 0.3) is 0 Å². The molecule has 0 fully saturated rings. The van der Waals surface area contributed by atoms with Crippen LogP contribution in [-0.4, -0.2) is 0 Å². The number of hydrogen-bond acceptors (Lipinski definition) is 2. The third-order valence-corrected chi connectivity index (χ3v) is 4.26. The second-order valence-corrected chi connectivity index (χ2v) is 6.02. The average molecular weight is 314 g/mol. The summed E-state index contributed by atoms with van der Waals surface area (Å²) in [7, 11) is 0. The van der Waals surface area contributed by atoms with Gasteiger partial charge in [0.15, 0.2) is 0 Å². The van der Waals surface area contributed by atoms with Gasteiger partial charge in [-0.2, -0.15) is 0 Å². The predicted octanol–water partition coefficient (Wildman–Crippen LogP) is 4.20. The molecular formula is C13H13BrFNS. The first kappa shape index (κ1) is 12.7. The molecule has 1 nitrogen and oxygen atoms in total. The number of benzene rings is 1. The summed E-state index contributed by atoms with van der Waals surface area (Å²) >= 11 is 5.07. The number of rotatable bonds is 3. The number of halogens is 2.